The average Bonchev–Trinajstić information content (AvgIpc) is 3.52. The minimum atomic E-state index is -0.312. The molecule has 4 heterocycles. The van der Waals surface area contributed by atoms with E-state index in [0.29, 0.717) is 30.5 Å². The highest BCUT2D eigenvalue weighted by molar-refractivity contribution is 5.94. The molecule has 1 amide bonds. The van der Waals surface area contributed by atoms with Crippen LogP contribution in [0.3, 0.4) is 0 Å². The summed E-state index contributed by atoms with van der Waals surface area (Å²) >= 11 is 0. The molecular formula is C21H26N8O3. The standard InChI is InChI=1S/C21H26N8O3/c1-14-17(12-32-19(14)30)28-10-9-21(20(28)31)7-5-16(6-8-21)27(2)11-15-3-4-18(25-24-15)29-23-13-22-26-29/h3-4,13,16H,5-12H2,1-2H3/t16-,21+. The van der Waals surface area contributed by atoms with Crippen LogP contribution in [0, 0.1) is 5.41 Å². The predicted molar refractivity (Wildman–Crippen MR) is 111 cm³/mol. The number of esters is 1. The van der Waals surface area contributed by atoms with E-state index in [2.05, 4.69) is 37.6 Å². The number of ether oxygens (including phenoxy) is 1. The van der Waals surface area contributed by atoms with Gasteiger partial charge in [0.15, 0.2) is 12.1 Å². The maximum atomic E-state index is 13.3. The highest BCUT2D eigenvalue weighted by Gasteiger charge is 2.50. The second-order valence-corrected chi connectivity index (χ2v) is 8.89. The van der Waals surface area contributed by atoms with Crippen LogP contribution in [0.25, 0.3) is 5.82 Å². The minimum Gasteiger partial charge on any atom is -0.456 e. The van der Waals surface area contributed by atoms with Gasteiger partial charge in [0.1, 0.15) is 6.61 Å². The Hall–Kier alpha value is -3.21. The van der Waals surface area contributed by atoms with Crippen molar-refractivity contribution in [2.75, 3.05) is 20.2 Å². The molecule has 2 aromatic heterocycles. The smallest absolute Gasteiger partial charge is 0.336 e. The number of rotatable bonds is 5. The number of carbonyl (C=O) groups excluding carboxylic acids is 2. The molecule has 1 saturated heterocycles. The molecular weight excluding hydrogens is 412 g/mol. The summed E-state index contributed by atoms with van der Waals surface area (Å²) in [5.74, 6) is 0.375. The van der Waals surface area contributed by atoms with Gasteiger partial charge in [-0.2, -0.15) is 5.10 Å². The first-order valence-electron chi connectivity index (χ1n) is 10.9. The van der Waals surface area contributed by atoms with Crippen molar-refractivity contribution in [3.05, 3.63) is 35.4 Å². The Morgan fingerprint density at radius 2 is 2.00 bits per heavy atom. The van der Waals surface area contributed by atoms with Gasteiger partial charge in [0.2, 0.25) is 5.91 Å². The topological polar surface area (TPSA) is 119 Å². The van der Waals surface area contributed by atoms with Gasteiger partial charge < -0.3 is 9.64 Å². The lowest BCUT2D eigenvalue weighted by Gasteiger charge is -2.39. The second kappa shape index (κ2) is 8.05. The van der Waals surface area contributed by atoms with Gasteiger partial charge in [-0.05, 0) is 63.4 Å². The SMILES string of the molecule is CC1=C(N2CC[C@]3(CC[C@H](N(C)Cc4ccc(-n5ncnn5)nn4)CC3)C2=O)COC1=O. The van der Waals surface area contributed by atoms with Crippen molar-refractivity contribution in [3.63, 3.8) is 0 Å². The molecule has 1 aliphatic carbocycles. The first-order chi connectivity index (χ1) is 15.5. The zero-order valence-electron chi connectivity index (χ0n) is 18.3. The normalized spacial score (nSPS) is 26.0. The van der Waals surface area contributed by atoms with E-state index in [-0.39, 0.29) is 23.9 Å². The number of nitrogens with zero attached hydrogens (tertiary/aromatic N) is 8. The maximum Gasteiger partial charge on any atom is 0.336 e. The number of likely N-dealkylation sites (tertiary alicyclic amines) is 1. The Morgan fingerprint density at radius 1 is 1.19 bits per heavy atom. The van der Waals surface area contributed by atoms with Crippen molar-refractivity contribution < 1.29 is 14.3 Å². The highest BCUT2D eigenvalue weighted by atomic mass is 16.5. The summed E-state index contributed by atoms with van der Waals surface area (Å²) < 4.78 is 5.11. The Kier molecular flexibility index (Phi) is 5.20. The Balaban J connectivity index is 1.18. The van der Waals surface area contributed by atoms with Crippen molar-refractivity contribution >= 4 is 11.9 Å². The summed E-state index contributed by atoms with van der Waals surface area (Å²) in [4.78, 5) is 30.4. The molecule has 3 aliphatic rings. The van der Waals surface area contributed by atoms with Crippen LogP contribution in [0.5, 0.6) is 0 Å². The molecule has 0 N–H and O–H groups in total. The Morgan fingerprint density at radius 3 is 2.62 bits per heavy atom. The van der Waals surface area contributed by atoms with Gasteiger partial charge >= 0.3 is 5.97 Å². The largest absolute Gasteiger partial charge is 0.456 e. The van der Waals surface area contributed by atoms with Crippen LogP contribution in [0.1, 0.15) is 44.7 Å². The zero-order chi connectivity index (χ0) is 22.3. The third kappa shape index (κ3) is 3.56. The molecule has 11 nitrogen and oxygen atoms in total. The van der Waals surface area contributed by atoms with Gasteiger partial charge in [-0.25, -0.2) is 4.79 Å². The minimum absolute atomic E-state index is 0.162. The number of carbonyl (C=O) groups is 2. The molecule has 2 aromatic rings. The third-order valence-corrected chi connectivity index (χ3v) is 7.12. The van der Waals surface area contributed by atoms with Gasteiger partial charge in [-0.1, -0.05) is 0 Å². The number of hydrogen-bond donors (Lipinski definition) is 0. The number of amides is 1. The second-order valence-electron chi connectivity index (χ2n) is 8.89. The Labute approximate surface area is 185 Å². The van der Waals surface area contributed by atoms with E-state index in [4.69, 9.17) is 4.74 Å². The first kappa shape index (κ1) is 20.7. The molecule has 0 radical (unpaired) electrons. The van der Waals surface area contributed by atoms with Gasteiger partial charge in [0.25, 0.3) is 0 Å². The van der Waals surface area contributed by atoms with E-state index in [1.54, 1.807) is 11.8 Å². The van der Waals surface area contributed by atoms with Gasteiger partial charge in [0.05, 0.1) is 22.4 Å². The molecule has 0 unspecified atom stereocenters. The predicted octanol–water partition coefficient (Wildman–Crippen LogP) is 0.876. The van der Waals surface area contributed by atoms with Gasteiger partial charge in [-0.3, -0.25) is 9.69 Å². The van der Waals surface area contributed by atoms with Crippen molar-refractivity contribution in [1.29, 1.82) is 0 Å². The third-order valence-electron chi connectivity index (χ3n) is 7.12. The van der Waals surface area contributed by atoms with Crippen LogP contribution in [-0.2, 0) is 20.9 Å². The lowest BCUT2D eigenvalue weighted by molar-refractivity contribution is -0.138. The molecule has 11 heteroatoms. The summed E-state index contributed by atoms with van der Waals surface area (Å²) in [5.41, 5.74) is 1.88. The summed E-state index contributed by atoms with van der Waals surface area (Å²) in [6, 6.07) is 4.14. The van der Waals surface area contributed by atoms with Crippen LogP contribution in [0.15, 0.2) is 29.7 Å². The van der Waals surface area contributed by atoms with Crippen molar-refractivity contribution in [1.82, 2.24) is 40.2 Å². The van der Waals surface area contributed by atoms with Crippen LogP contribution < -0.4 is 0 Å². The molecule has 2 fully saturated rings. The number of cyclic esters (lactones) is 1. The molecule has 1 spiro atoms. The van der Waals surface area contributed by atoms with E-state index in [1.807, 2.05) is 12.1 Å². The molecule has 168 valence electrons. The number of aromatic nitrogens is 6. The van der Waals surface area contributed by atoms with Crippen LogP contribution in [0.4, 0.5) is 0 Å². The summed E-state index contributed by atoms with van der Waals surface area (Å²) in [7, 11) is 2.09. The van der Waals surface area contributed by atoms with Gasteiger partial charge in [-0.15, -0.1) is 20.1 Å². The van der Waals surface area contributed by atoms with Crippen LogP contribution >= 0.6 is 0 Å². The number of hydrogen-bond acceptors (Lipinski definition) is 9. The average molecular weight is 438 g/mol. The molecule has 0 aromatic carbocycles. The van der Waals surface area contributed by atoms with E-state index in [9.17, 15) is 9.59 Å². The molecule has 32 heavy (non-hydrogen) atoms. The molecule has 2 aliphatic heterocycles. The highest BCUT2D eigenvalue weighted by Crippen LogP contribution is 2.47. The van der Waals surface area contributed by atoms with E-state index < -0.39 is 0 Å². The van der Waals surface area contributed by atoms with Crippen molar-refractivity contribution in [2.24, 2.45) is 5.41 Å². The number of tetrazole rings is 1. The molecule has 1 saturated carbocycles. The van der Waals surface area contributed by atoms with Crippen LogP contribution in [-0.4, -0.2) is 78.3 Å². The van der Waals surface area contributed by atoms with E-state index in [1.165, 1.54) is 11.1 Å². The zero-order valence-corrected chi connectivity index (χ0v) is 18.3. The quantitative estimate of drug-likeness (QED) is 0.627. The lowest BCUT2D eigenvalue weighted by atomic mass is 9.71. The van der Waals surface area contributed by atoms with E-state index >= 15 is 0 Å². The Bertz CT molecular complexity index is 1040. The van der Waals surface area contributed by atoms with Crippen LogP contribution in [0.2, 0.25) is 0 Å². The fraction of sp³-hybridized carbons (Fsp3) is 0.571. The first-order valence-corrected chi connectivity index (χ1v) is 10.9. The van der Waals surface area contributed by atoms with Crippen molar-refractivity contribution in [2.45, 2.75) is 51.6 Å². The van der Waals surface area contributed by atoms with E-state index in [0.717, 1.165) is 43.5 Å². The molecule has 0 atom stereocenters. The molecule has 5 rings (SSSR count). The van der Waals surface area contributed by atoms with Gasteiger partial charge in [0, 0.05) is 19.1 Å². The van der Waals surface area contributed by atoms with Crippen molar-refractivity contribution in [3.8, 4) is 5.82 Å². The molecule has 0 bridgehead atoms. The summed E-state index contributed by atoms with van der Waals surface area (Å²) in [6.07, 6.45) is 5.83. The summed E-state index contributed by atoms with van der Waals surface area (Å²) in [6.45, 7) is 3.31. The summed E-state index contributed by atoms with van der Waals surface area (Å²) in [5, 5.41) is 19.9. The maximum absolute atomic E-state index is 13.3. The fourth-order valence-corrected chi connectivity index (χ4v) is 5.09. The monoisotopic (exact) mass is 438 g/mol. The lowest BCUT2D eigenvalue weighted by Crippen LogP contribution is -2.42. The fourth-order valence-electron chi connectivity index (χ4n) is 5.09.